The van der Waals surface area contributed by atoms with Crippen LogP contribution in [0.2, 0.25) is 0 Å². The first-order valence-corrected chi connectivity index (χ1v) is 6.34. The summed E-state index contributed by atoms with van der Waals surface area (Å²) >= 11 is 0. The number of rotatable bonds is 3. The quantitative estimate of drug-likeness (QED) is 0.742. The van der Waals surface area contributed by atoms with Crippen LogP contribution in [-0.4, -0.2) is 20.5 Å². The Hall–Kier alpha value is -3.02. The number of azo groups is 1. The van der Waals surface area contributed by atoms with Crippen LogP contribution in [0.4, 0.5) is 11.5 Å². The van der Waals surface area contributed by atoms with Crippen LogP contribution in [0.3, 0.4) is 0 Å². The number of aromatic carboxylic acids is 1. The SMILES string of the molecule is Cc1ccccc1N=Nc1c(C(=O)O)nc2ccccn12. The summed E-state index contributed by atoms with van der Waals surface area (Å²) in [5.41, 5.74) is 2.07. The highest BCUT2D eigenvalue weighted by atomic mass is 16.4. The van der Waals surface area contributed by atoms with E-state index in [4.69, 9.17) is 0 Å². The summed E-state index contributed by atoms with van der Waals surface area (Å²) in [6.07, 6.45) is 1.71. The van der Waals surface area contributed by atoms with Crippen LogP contribution < -0.4 is 0 Å². The van der Waals surface area contributed by atoms with E-state index in [-0.39, 0.29) is 11.5 Å². The van der Waals surface area contributed by atoms with Gasteiger partial charge in [-0.1, -0.05) is 24.3 Å². The molecule has 0 unspecified atom stereocenters. The molecule has 0 fully saturated rings. The van der Waals surface area contributed by atoms with Gasteiger partial charge in [0.1, 0.15) is 5.65 Å². The number of fused-ring (bicyclic) bond motifs is 1. The van der Waals surface area contributed by atoms with Gasteiger partial charge in [-0.05, 0) is 30.7 Å². The molecule has 1 aromatic carbocycles. The Balaban J connectivity index is 2.13. The Morgan fingerprint density at radius 1 is 1.14 bits per heavy atom. The number of benzene rings is 1. The smallest absolute Gasteiger partial charge is 0.358 e. The third-order valence-electron chi connectivity index (χ3n) is 3.08. The molecule has 1 N–H and O–H groups in total. The summed E-state index contributed by atoms with van der Waals surface area (Å²) in [6, 6.07) is 12.8. The number of nitrogens with zero attached hydrogens (tertiary/aromatic N) is 4. The largest absolute Gasteiger partial charge is 0.476 e. The van der Waals surface area contributed by atoms with Crippen molar-refractivity contribution in [2.75, 3.05) is 0 Å². The molecule has 0 radical (unpaired) electrons. The number of carboxylic acids is 1. The van der Waals surface area contributed by atoms with Crippen molar-refractivity contribution < 1.29 is 9.90 Å². The topological polar surface area (TPSA) is 79.3 Å². The molecule has 6 heteroatoms. The van der Waals surface area contributed by atoms with Gasteiger partial charge < -0.3 is 5.11 Å². The molecule has 21 heavy (non-hydrogen) atoms. The molecule has 0 bridgehead atoms. The average molecular weight is 280 g/mol. The van der Waals surface area contributed by atoms with Gasteiger partial charge in [-0.25, -0.2) is 9.78 Å². The minimum absolute atomic E-state index is 0.112. The highest BCUT2D eigenvalue weighted by molar-refractivity contribution is 5.91. The Morgan fingerprint density at radius 2 is 1.90 bits per heavy atom. The van der Waals surface area contributed by atoms with Crippen LogP contribution >= 0.6 is 0 Å². The molecular formula is C15H12N4O2. The van der Waals surface area contributed by atoms with Gasteiger partial charge >= 0.3 is 5.97 Å². The summed E-state index contributed by atoms with van der Waals surface area (Å²) in [4.78, 5) is 15.3. The second-order valence-corrected chi connectivity index (χ2v) is 4.50. The van der Waals surface area contributed by atoms with Crippen LogP contribution in [-0.2, 0) is 0 Å². The molecule has 3 aromatic rings. The summed E-state index contributed by atoms with van der Waals surface area (Å²) in [6.45, 7) is 1.92. The first-order chi connectivity index (χ1) is 10.2. The zero-order valence-electron chi connectivity index (χ0n) is 11.3. The third kappa shape index (κ3) is 2.38. The summed E-state index contributed by atoms with van der Waals surface area (Å²) < 4.78 is 1.60. The molecule has 0 aliphatic carbocycles. The number of hydrogen-bond donors (Lipinski definition) is 1. The number of carboxylic acid groups (broad SMARTS) is 1. The van der Waals surface area contributed by atoms with Crippen molar-refractivity contribution >= 4 is 23.1 Å². The zero-order chi connectivity index (χ0) is 14.8. The van der Waals surface area contributed by atoms with Gasteiger partial charge in [0.15, 0.2) is 11.5 Å². The minimum Gasteiger partial charge on any atom is -0.476 e. The normalized spacial score (nSPS) is 11.3. The van der Waals surface area contributed by atoms with Crippen molar-refractivity contribution in [3.8, 4) is 0 Å². The number of aryl methyl sites for hydroxylation is 1. The minimum atomic E-state index is -1.13. The summed E-state index contributed by atoms with van der Waals surface area (Å²) in [5.74, 6) is -0.918. The van der Waals surface area contributed by atoms with E-state index in [1.165, 1.54) is 0 Å². The maximum absolute atomic E-state index is 11.3. The zero-order valence-corrected chi connectivity index (χ0v) is 11.3. The molecule has 0 saturated heterocycles. The van der Waals surface area contributed by atoms with Crippen molar-refractivity contribution in [1.29, 1.82) is 0 Å². The average Bonchev–Trinajstić information content (AvgIpc) is 2.85. The second kappa shape index (κ2) is 5.16. The Morgan fingerprint density at radius 3 is 2.67 bits per heavy atom. The van der Waals surface area contributed by atoms with E-state index < -0.39 is 5.97 Å². The van der Waals surface area contributed by atoms with Crippen molar-refractivity contribution in [1.82, 2.24) is 9.38 Å². The van der Waals surface area contributed by atoms with Gasteiger partial charge in [0, 0.05) is 6.20 Å². The van der Waals surface area contributed by atoms with Gasteiger partial charge in [-0.3, -0.25) is 4.40 Å². The van der Waals surface area contributed by atoms with E-state index in [0.717, 1.165) is 5.56 Å². The number of imidazole rings is 1. The van der Waals surface area contributed by atoms with Crippen molar-refractivity contribution in [2.45, 2.75) is 6.92 Å². The van der Waals surface area contributed by atoms with E-state index in [9.17, 15) is 9.90 Å². The molecule has 0 atom stereocenters. The Labute approximate surface area is 120 Å². The highest BCUT2D eigenvalue weighted by Crippen LogP contribution is 2.25. The lowest BCUT2D eigenvalue weighted by Crippen LogP contribution is -1.96. The maximum Gasteiger partial charge on any atom is 0.358 e. The molecular weight excluding hydrogens is 268 g/mol. The highest BCUT2D eigenvalue weighted by Gasteiger charge is 2.17. The van der Waals surface area contributed by atoms with E-state index in [2.05, 4.69) is 15.2 Å². The number of aromatic nitrogens is 2. The molecule has 0 spiro atoms. The first kappa shape index (κ1) is 13.0. The van der Waals surface area contributed by atoms with E-state index in [0.29, 0.717) is 11.3 Å². The molecule has 104 valence electrons. The van der Waals surface area contributed by atoms with Crippen molar-refractivity contribution in [3.05, 3.63) is 59.9 Å². The third-order valence-corrected chi connectivity index (χ3v) is 3.08. The molecule has 0 saturated carbocycles. The number of carbonyl (C=O) groups is 1. The van der Waals surface area contributed by atoms with E-state index >= 15 is 0 Å². The number of pyridine rings is 1. The van der Waals surface area contributed by atoms with Crippen LogP contribution in [0, 0.1) is 6.92 Å². The second-order valence-electron chi connectivity index (χ2n) is 4.50. The fraction of sp³-hybridized carbons (Fsp3) is 0.0667. The predicted molar refractivity (Wildman–Crippen MR) is 77.5 cm³/mol. The van der Waals surface area contributed by atoms with Crippen molar-refractivity contribution in [3.63, 3.8) is 0 Å². The standard InChI is InChI=1S/C15H12N4O2/c1-10-6-2-3-7-11(10)17-18-14-13(15(20)21)16-12-8-4-5-9-19(12)14/h2-9H,1H3,(H,20,21). The molecule has 6 nitrogen and oxygen atoms in total. The van der Waals surface area contributed by atoms with Gasteiger partial charge in [-0.15, -0.1) is 10.2 Å². The summed E-state index contributed by atoms with van der Waals surface area (Å²) in [5, 5.41) is 17.5. The van der Waals surface area contributed by atoms with Crippen LogP contribution in [0.5, 0.6) is 0 Å². The fourth-order valence-electron chi connectivity index (χ4n) is 2.00. The molecule has 0 amide bonds. The lowest BCUT2D eigenvalue weighted by Gasteiger charge is -1.98. The van der Waals surface area contributed by atoms with E-state index in [1.807, 2.05) is 31.2 Å². The fourth-order valence-corrected chi connectivity index (χ4v) is 2.00. The molecule has 2 aromatic heterocycles. The van der Waals surface area contributed by atoms with Gasteiger partial charge in [-0.2, -0.15) is 0 Å². The van der Waals surface area contributed by atoms with Crippen molar-refractivity contribution in [2.24, 2.45) is 10.2 Å². The Bertz CT molecular complexity index is 852. The maximum atomic E-state index is 11.3. The number of hydrogen-bond acceptors (Lipinski definition) is 4. The molecule has 0 aliphatic heterocycles. The predicted octanol–water partition coefficient (Wildman–Crippen LogP) is 3.76. The lowest BCUT2D eigenvalue weighted by atomic mass is 10.2. The van der Waals surface area contributed by atoms with Gasteiger partial charge in [0.05, 0.1) is 5.69 Å². The monoisotopic (exact) mass is 280 g/mol. The van der Waals surface area contributed by atoms with Crippen LogP contribution in [0.15, 0.2) is 58.9 Å². The Kier molecular flexibility index (Phi) is 3.19. The van der Waals surface area contributed by atoms with Crippen LogP contribution in [0.25, 0.3) is 5.65 Å². The molecule has 3 rings (SSSR count). The lowest BCUT2D eigenvalue weighted by molar-refractivity contribution is 0.0692. The van der Waals surface area contributed by atoms with Gasteiger partial charge in [0.25, 0.3) is 0 Å². The van der Waals surface area contributed by atoms with Gasteiger partial charge in [0.2, 0.25) is 0 Å². The van der Waals surface area contributed by atoms with E-state index in [1.54, 1.807) is 28.8 Å². The van der Waals surface area contributed by atoms with Crippen LogP contribution in [0.1, 0.15) is 16.1 Å². The molecule has 0 aliphatic rings. The first-order valence-electron chi connectivity index (χ1n) is 6.34. The molecule has 2 heterocycles. The summed E-state index contributed by atoms with van der Waals surface area (Å²) in [7, 11) is 0.